The van der Waals surface area contributed by atoms with Crippen molar-refractivity contribution in [2.24, 2.45) is 40.9 Å². The summed E-state index contributed by atoms with van der Waals surface area (Å²) < 4.78 is 28.0. The summed E-state index contributed by atoms with van der Waals surface area (Å²) in [6, 6.07) is 0. The molecule has 4 aliphatic carbocycles. The van der Waals surface area contributed by atoms with Gasteiger partial charge in [-0.3, -0.25) is 0 Å². The second kappa shape index (κ2) is 5.70. The second-order valence-corrected chi connectivity index (χ2v) is 9.74. The molecule has 4 aliphatic rings. The lowest BCUT2D eigenvalue weighted by Gasteiger charge is -2.58. The Labute approximate surface area is 140 Å². The van der Waals surface area contributed by atoms with Gasteiger partial charge in [0.25, 0.3) is 0 Å². The highest BCUT2D eigenvalue weighted by Crippen LogP contribution is 2.65. The summed E-state index contributed by atoms with van der Waals surface area (Å²) in [6.45, 7) is 4.83. The molecule has 0 aromatic rings. The summed E-state index contributed by atoms with van der Waals surface area (Å²) >= 11 is 0. The van der Waals surface area contributed by atoms with E-state index in [0.717, 1.165) is 36.5 Å². The molecule has 0 saturated heterocycles. The first-order valence-corrected chi connectivity index (χ1v) is 10.3. The second-order valence-electron chi connectivity index (χ2n) is 9.74. The van der Waals surface area contributed by atoms with E-state index in [1.54, 1.807) is 0 Å². The molecule has 7 atom stereocenters. The van der Waals surface area contributed by atoms with Gasteiger partial charge in [0.15, 0.2) is 0 Å². The first-order valence-electron chi connectivity index (χ1n) is 10.3. The molecule has 4 fully saturated rings. The minimum atomic E-state index is -2.37. The van der Waals surface area contributed by atoms with Crippen LogP contribution in [-0.4, -0.2) is 5.92 Å². The van der Waals surface area contributed by atoms with Gasteiger partial charge in [-0.15, -0.1) is 0 Å². The molecule has 0 amide bonds. The van der Waals surface area contributed by atoms with Gasteiger partial charge < -0.3 is 0 Å². The minimum absolute atomic E-state index is 0.164. The molecule has 6 unspecified atom stereocenters. The van der Waals surface area contributed by atoms with E-state index in [-0.39, 0.29) is 12.8 Å². The third kappa shape index (κ3) is 2.67. The highest BCUT2D eigenvalue weighted by Gasteiger charge is 2.57. The molecule has 2 heteroatoms. The van der Waals surface area contributed by atoms with Crippen LogP contribution < -0.4 is 0 Å². The molecular formula is C21H34F2. The van der Waals surface area contributed by atoms with Gasteiger partial charge in [-0.25, -0.2) is 8.78 Å². The van der Waals surface area contributed by atoms with Crippen LogP contribution in [-0.2, 0) is 0 Å². The Morgan fingerprint density at radius 3 is 2.57 bits per heavy atom. The Hall–Kier alpha value is -0.140. The van der Waals surface area contributed by atoms with Gasteiger partial charge in [-0.1, -0.05) is 33.1 Å². The summed E-state index contributed by atoms with van der Waals surface area (Å²) in [5.74, 6) is 1.85. The summed E-state index contributed by atoms with van der Waals surface area (Å²) in [5.41, 5.74) is 0.582. The molecule has 0 N–H and O–H groups in total. The van der Waals surface area contributed by atoms with Gasteiger partial charge in [-0.2, -0.15) is 0 Å². The standard InChI is InChI=1S/C21H34F2/c1-3-5-14-12-15-13-21(22,23)11-8-16(15)17-7-10-20(2)9-4-6-18(20)19(14)17/h14-19H,3-13H2,1-2H3/t14?,15?,16?,17?,18-,19?,20?/m0/s1. The summed E-state index contributed by atoms with van der Waals surface area (Å²) in [5, 5.41) is 0. The van der Waals surface area contributed by atoms with Crippen molar-refractivity contribution in [3.63, 3.8) is 0 Å². The fourth-order valence-corrected chi connectivity index (χ4v) is 7.69. The normalized spacial score (nSPS) is 51.7. The molecule has 23 heavy (non-hydrogen) atoms. The third-order valence-corrected chi connectivity index (χ3v) is 8.53. The summed E-state index contributed by atoms with van der Waals surface area (Å²) in [4.78, 5) is 0. The zero-order chi connectivity index (χ0) is 16.2. The molecule has 0 aromatic carbocycles. The van der Waals surface area contributed by atoms with Crippen LogP contribution in [0.25, 0.3) is 0 Å². The smallest absolute Gasteiger partial charge is 0.207 e. The zero-order valence-electron chi connectivity index (χ0n) is 15.0. The van der Waals surface area contributed by atoms with Crippen molar-refractivity contribution in [3.05, 3.63) is 0 Å². The van der Waals surface area contributed by atoms with Crippen molar-refractivity contribution in [3.8, 4) is 0 Å². The topological polar surface area (TPSA) is 0 Å². The molecule has 0 radical (unpaired) electrons. The number of alkyl halides is 2. The molecule has 0 bridgehead atoms. The van der Waals surface area contributed by atoms with Crippen LogP contribution in [0.4, 0.5) is 8.78 Å². The van der Waals surface area contributed by atoms with E-state index in [9.17, 15) is 8.78 Å². The Kier molecular flexibility index (Phi) is 4.05. The summed E-state index contributed by atoms with van der Waals surface area (Å²) in [7, 11) is 0. The average Bonchev–Trinajstić information content (AvgIpc) is 2.87. The molecule has 0 aliphatic heterocycles. The van der Waals surface area contributed by atoms with E-state index in [4.69, 9.17) is 0 Å². The van der Waals surface area contributed by atoms with Gasteiger partial charge in [0.2, 0.25) is 5.92 Å². The first-order chi connectivity index (χ1) is 10.9. The highest BCUT2D eigenvalue weighted by molar-refractivity contribution is 5.06. The maximum Gasteiger partial charge on any atom is 0.248 e. The number of hydrogen-bond donors (Lipinski definition) is 0. The predicted octanol–water partition coefficient (Wildman–Crippen LogP) is 6.69. The van der Waals surface area contributed by atoms with Gasteiger partial charge >= 0.3 is 0 Å². The third-order valence-electron chi connectivity index (χ3n) is 8.53. The van der Waals surface area contributed by atoms with Crippen LogP contribution >= 0.6 is 0 Å². The van der Waals surface area contributed by atoms with Gasteiger partial charge in [-0.05, 0) is 79.4 Å². The van der Waals surface area contributed by atoms with Crippen LogP contribution in [0.3, 0.4) is 0 Å². The molecule has 0 heterocycles. The fourth-order valence-electron chi connectivity index (χ4n) is 7.69. The highest BCUT2D eigenvalue weighted by atomic mass is 19.3. The Bertz CT molecular complexity index is 445. The van der Waals surface area contributed by atoms with Gasteiger partial charge in [0.1, 0.15) is 0 Å². The molecule has 4 saturated carbocycles. The maximum atomic E-state index is 14.0. The van der Waals surface area contributed by atoms with E-state index in [2.05, 4.69) is 13.8 Å². The van der Waals surface area contributed by atoms with Crippen molar-refractivity contribution in [1.29, 1.82) is 0 Å². The summed E-state index contributed by atoms with van der Waals surface area (Å²) in [6.07, 6.45) is 11.8. The first kappa shape index (κ1) is 16.3. The van der Waals surface area contributed by atoms with Crippen molar-refractivity contribution < 1.29 is 8.78 Å². The van der Waals surface area contributed by atoms with Crippen LogP contribution in [0.1, 0.15) is 84.5 Å². The zero-order valence-corrected chi connectivity index (χ0v) is 15.0. The van der Waals surface area contributed by atoms with Crippen LogP contribution in [0.2, 0.25) is 0 Å². The van der Waals surface area contributed by atoms with E-state index in [0.29, 0.717) is 17.3 Å². The van der Waals surface area contributed by atoms with Gasteiger partial charge in [0, 0.05) is 12.8 Å². The van der Waals surface area contributed by atoms with Crippen LogP contribution in [0.5, 0.6) is 0 Å². The lowest BCUT2D eigenvalue weighted by atomic mass is 9.47. The monoisotopic (exact) mass is 324 g/mol. The van der Waals surface area contributed by atoms with E-state index in [1.165, 1.54) is 44.9 Å². The number of fused-ring (bicyclic) bond motifs is 5. The van der Waals surface area contributed by atoms with Crippen LogP contribution in [0, 0.1) is 40.9 Å². The molecule has 0 nitrogen and oxygen atoms in total. The Balaban J connectivity index is 1.62. The van der Waals surface area contributed by atoms with E-state index < -0.39 is 5.92 Å². The largest absolute Gasteiger partial charge is 0.248 e. The average molecular weight is 324 g/mol. The van der Waals surface area contributed by atoms with Crippen molar-refractivity contribution in [2.45, 2.75) is 90.4 Å². The van der Waals surface area contributed by atoms with Crippen molar-refractivity contribution in [2.75, 3.05) is 0 Å². The SMILES string of the molecule is CCCC1CC2CC(F)(F)CCC2C2CCC3(C)CCC[C@H]3C12. The van der Waals surface area contributed by atoms with E-state index >= 15 is 0 Å². The minimum Gasteiger partial charge on any atom is -0.207 e. The molecule has 132 valence electrons. The number of halogens is 2. The lowest BCUT2D eigenvalue weighted by Crippen LogP contribution is -2.52. The van der Waals surface area contributed by atoms with E-state index in [1.807, 2.05) is 0 Å². The van der Waals surface area contributed by atoms with Crippen molar-refractivity contribution in [1.82, 2.24) is 0 Å². The molecule has 0 spiro atoms. The number of rotatable bonds is 2. The Morgan fingerprint density at radius 1 is 1.00 bits per heavy atom. The Morgan fingerprint density at radius 2 is 1.78 bits per heavy atom. The quantitative estimate of drug-likeness (QED) is 0.531. The lowest BCUT2D eigenvalue weighted by molar-refractivity contribution is -0.137. The van der Waals surface area contributed by atoms with Crippen molar-refractivity contribution >= 4 is 0 Å². The predicted molar refractivity (Wildman–Crippen MR) is 90.5 cm³/mol. The number of hydrogen-bond acceptors (Lipinski definition) is 0. The molecule has 4 rings (SSSR count). The molecule has 0 aromatic heterocycles. The maximum absolute atomic E-state index is 14.0. The van der Waals surface area contributed by atoms with Crippen LogP contribution in [0.15, 0.2) is 0 Å². The fraction of sp³-hybridized carbons (Fsp3) is 1.00. The molecular weight excluding hydrogens is 290 g/mol. The van der Waals surface area contributed by atoms with Gasteiger partial charge in [0.05, 0.1) is 0 Å².